The van der Waals surface area contributed by atoms with E-state index in [1.54, 1.807) is 6.92 Å². The second kappa shape index (κ2) is 7.87. The third-order valence-corrected chi connectivity index (χ3v) is 8.36. The predicted molar refractivity (Wildman–Crippen MR) is 108 cm³/mol. The molecule has 0 aromatic rings. The molecule has 1 amide bonds. The quantitative estimate of drug-likeness (QED) is 0.655. The molecular weight excluding hydrogens is 338 g/mol. The van der Waals surface area contributed by atoms with Gasteiger partial charge in [0.15, 0.2) is 0 Å². The molecule has 154 valence electrons. The van der Waals surface area contributed by atoms with E-state index in [-0.39, 0.29) is 29.2 Å². The van der Waals surface area contributed by atoms with Crippen LogP contribution in [0, 0.1) is 35.0 Å². The van der Waals surface area contributed by atoms with Gasteiger partial charge in [0.05, 0.1) is 12.2 Å². The predicted octanol–water partition coefficient (Wildman–Crippen LogP) is 3.67. The highest BCUT2D eigenvalue weighted by Crippen LogP contribution is 2.61. The second-order valence-corrected chi connectivity index (χ2v) is 10.2. The fraction of sp³-hybridized carbons (Fsp3) is 0.870. The molecule has 9 atom stereocenters. The van der Waals surface area contributed by atoms with Crippen LogP contribution in [-0.2, 0) is 4.79 Å². The van der Waals surface area contributed by atoms with Gasteiger partial charge in [-0.05, 0) is 80.5 Å². The third kappa shape index (κ3) is 3.85. The number of aliphatic hydroxyl groups is 2. The zero-order valence-electron chi connectivity index (χ0n) is 17.6. The van der Waals surface area contributed by atoms with Gasteiger partial charge in [-0.15, -0.1) is 6.58 Å². The maximum absolute atomic E-state index is 11.5. The zero-order chi connectivity index (χ0) is 19.9. The standard InChI is InChI=1S/C23H39NO3/c1-13(2)6-8-17-14(3)7-9-18-20(17)22(27)21(26)19-12-16(24-15(4)25)10-11-23(18,19)5/h14,16-22,26-27H,1,6-12H2,2-5H3,(H,24,25)/t14-,16-,17?,18?,19?,20?,21-,22-,23-/m1/s1. The van der Waals surface area contributed by atoms with E-state index in [1.807, 2.05) is 0 Å². The first-order chi connectivity index (χ1) is 12.6. The minimum atomic E-state index is -0.689. The molecule has 27 heavy (non-hydrogen) atoms. The van der Waals surface area contributed by atoms with Crippen molar-refractivity contribution < 1.29 is 15.0 Å². The maximum atomic E-state index is 11.5. The highest BCUT2D eigenvalue weighted by Gasteiger charge is 2.60. The minimum Gasteiger partial charge on any atom is -0.390 e. The molecule has 4 unspecified atom stereocenters. The number of fused-ring (bicyclic) bond motifs is 3. The van der Waals surface area contributed by atoms with E-state index >= 15 is 0 Å². The first-order valence-corrected chi connectivity index (χ1v) is 10.9. The van der Waals surface area contributed by atoms with Crippen molar-refractivity contribution >= 4 is 5.91 Å². The van der Waals surface area contributed by atoms with Gasteiger partial charge < -0.3 is 15.5 Å². The van der Waals surface area contributed by atoms with Crippen LogP contribution in [0.15, 0.2) is 12.2 Å². The Bertz CT molecular complexity index is 576. The molecule has 0 saturated heterocycles. The Balaban J connectivity index is 1.85. The molecule has 0 radical (unpaired) electrons. The second-order valence-electron chi connectivity index (χ2n) is 10.2. The summed E-state index contributed by atoms with van der Waals surface area (Å²) in [6, 6.07) is 0.126. The molecule has 0 aromatic heterocycles. The largest absolute Gasteiger partial charge is 0.390 e. The van der Waals surface area contributed by atoms with Crippen LogP contribution in [-0.4, -0.2) is 34.4 Å². The molecule has 3 aliphatic rings. The van der Waals surface area contributed by atoms with Gasteiger partial charge in [-0.2, -0.15) is 0 Å². The van der Waals surface area contributed by atoms with Crippen LogP contribution in [0.25, 0.3) is 0 Å². The van der Waals surface area contributed by atoms with Crippen molar-refractivity contribution in [2.75, 3.05) is 0 Å². The molecule has 0 aromatic carbocycles. The van der Waals surface area contributed by atoms with Crippen molar-refractivity contribution in [1.29, 1.82) is 0 Å². The lowest BCUT2D eigenvalue weighted by molar-refractivity contribution is -0.207. The number of hydrogen-bond acceptors (Lipinski definition) is 3. The van der Waals surface area contributed by atoms with Gasteiger partial charge in [-0.1, -0.05) is 25.8 Å². The fourth-order valence-corrected chi connectivity index (χ4v) is 6.92. The van der Waals surface area contributed by atoms with E-state index in [4.69, 9.17) is 0 Å². The summed E-state index contributed by atoms with van der Waals surface area (Å²) in [6.45, 7) is 12.4. The summed E-state index contributed by atoms with van der Waals surface area (Å²) in [6.07, 6.45) is 5.87. The van der Waals surface area contributed by atoms with Gasteiger partial charge in [0.2, 0.25) is 5.91 Å². The van der Waals surface area contributed by atoms with Crippen molar-refractivity contribution in [3.05, 3.63) is 12.2 Å². The monoisotopic (exact) mass is 377 g/mol. The minimum absolute atomic E-state index is 0.00122. The molecule has 4 nitrogen and oxygen atoms in total. The molecule has 3 rings (SSSR count). The summed E-state index contributed by atoms with van der Waals surface area (Å²) in [5, 5.41) is 25.4. The average molecular weight is 378 g/mol. The molecule has 3 fully saturated rings. The van der Waals surface area contributed by atoms with Gasteiger partial charge in [-0.25, -0.2) is 0 Å². The normalized spacial score (nSPS) is 46.9. The number of allylic oxidation sites excluding steroid dienone is 1. The summed E-state index contributed by atoms with van der Waals surface area (Å²) in [4.78, 5) is 11.5. The number of carbonyl (C=O) groups is 1. The van der Waals surface area contributed by atoms with Gasteiger partial charge in [0.1, 0.15) is 0 Å². The van der Waals surface area contributed by atoms with E-state index in [9.17, 15) is 15.0 Å². The van der Waals surface area contributed by atoms with Crippen LogP contribution in [0.1, 0.15) is 72.6 Å². The van der Waals surface area contributed by atoms with E-state index in [1.165, 1.54) is 12.0 Å². The smallest absolute Gasteiger partial charge is 0.217 e. The Kier molecular flexibility index (Phi) is 6.08. The molecule has 0 heterocycles. The van der Waals surface area contributed by atoms with Gasteiger partial charge in [-0.3, -0.25) is 4.79 Å². The average Bonchev–Trinajstić information content (AvgIpc) is 2.59. The number of hydrogen-bond donors (Lipinski definition) is 3. The van der Waals surface area contributed by atoms with E-state index in [0.29, 0.717) is 17.8 Å². The third-order valence-electron chi connectivity index (χ3n) is 8.36. The molecule has 3 saturated carbocycles. The number of amides is 1. The van der Waals surface area contributed by atoms with Crippen molar-refractivity contribution in [2.24, 2.45) is 35.0 Å². The van der Waals surface area contributed by atoms with Crippen LogP contribution in [0.5, 0.6) is 0 Å². The topological polar surface area (TPSA) is 69.6 Å². The van der Waals surface area contributed by atoms with Crippen LogP contribution >= 0.6 is 0 Å². The fourth-order valence-electron chi connectivity index (χ4n) is 6.92. The zero-order valence-corrected chi connectivity index (χ0v) is 17.6. The maximum Gasteiger partial charge on any atom is 0.217 e. The molecule has 4 heteroatoms. The van der Waals surface area contributed by atoms with Crippen LogP contribution in [0.3, 0.4) is 0 Å². The van der Waals surface area contributed by atoms with Gasteiger partial charge in [0, 0.05) is 13.0 Å². The van der Waals surface area contributed by atoms with E-state index < -0.39 is 12.2 Å². The lowest BCUT2D eigenvalue weighted by atomic mass is 9.45. The molecule has 3 N–H and O–H groups in total. The summed E-state index contributed by atoms with van der Waals surface area (Å²) < 4.78 is 0. The molecule has 0 bridgehead atoms. The van der Waals surface area contributed by atoms with Gasteiger partial charge >= 0.3 is 0 Å². The van der Waals surface area contributed by atoms with E-state index in [0.717, 1.165) is 38.5 Å². The first-order valence-electron chi connectivity index (χ1n) is 10.9. The van der Waals surface area contributed by atoms with Crippen molar-refractivity contribution in [3.8, 4) is 0 Å². The van der Waals surface area contributed by atoms with Crippen molar-refractivity contribution in [3.63, 3.8) is 0 Å². The lowest BCUT2D eigenvalue weighted by Gasteiger charge is -2.62. The lowest BCUT2D eigenvalue weighted by Crippen LogP contribution is -2.64. The summed E-state index contributed by atoms with van der Waals surface area (Å²) in [5.41, 5.74) is 1.26. The number of rotatable bonds is 4. The van der Waals surface area contributed by atoms with Crippen molar-refractivity contribution in [2.45, 2.75) is 90.9 Å². The number of aliphatic hydroxyl groups excluding tert-OH is 2. The first kappa shape index (κ1) is 20.9. The molecule has 0 aliphatic heterocycles. The SMILES string of the molecule is C=C(C)CCC1C2C(CC[C@H]1C)[C@@]1(C)CC[C@@H](NC(C)=O)CC1[C@@H](O)[C@@H]2O. The Morgan fingerprint density at radius 3 is 2.48 bits per heavy atom. The summed E-state index contributed by atoms with van der Waals surface area (Å²) >= 11 is 0. The molecule has 3 aliphatic carbocycles. The Morgan fingerprint density at radius 1 is 1.15 bits per heavy atom. The summed E-state index contributed by atoms with van der Waals surface area (Å²) in [5.74, 6) is 1.75. The summed E-state index contributed by atoms with van der Waals surface area (Å²) in [7, 11) is 0. The Labute approximate surface area is 164 Å². The van der Waals surface area contributed by atoms with E-state index in [2.05, 4.69) is 32.7 Å². The van der Waals surface area contributed by atoms with Crippen LogP contribution < -0.4 is 5.32 Å². The van der Waals surface area contributed by atoms with Crippen LogP contribution in [0.4, 0.5) is 0 Å². The van der Waals surface area contributed by atoms with Crippen LogP contribution in [0.2, 0.25) is 0 Å². The molecular formula is C23H39NO3. The number of carbonyl (C=O) groups excluding carboxylic acids is 1. The highest BCUT2D eigenvalue weighted by molar-refractivity contribution is 5.73. The number of nitrogens with one attached hydrogen (secondary N) is 1. The Morgan fingerprint density at radius 2 is 1.85 bits per heavy atom. The Hall–Kier alpha value is -0.870. The van der Waals surface area contributed by atoms with Gasteiger partial charge in [0.25, 0.3) is 0 Å². The van der Waals surface area contributed by atoms with Crippen molar-refractivity contribution in [1.82, 2.24) is 5.32 Å². The molecule has 0 spiro atoms. The highest BCUT2D eigenvalue weighted by atomic mass is 16.3.